The number of carbonyl (C=O) groups is 1. The first-order valence-corrected chi connectivity index (χ1v) is 7.37. The summed E-state index contributed by atoms with van der Waals surface area (Å²) in [5, 5.41) is 9.02. The summed E-state index contributed by atoms with van der Waals surface area (Å²) in [4.78, 5) is 11.0. The van der Waals surface area contributed by atoms with Crippen LogP contribution in [0.4, 0.5) is 0 Å². The lowest BCUT2D eigenvalue weighted by Gasteiger charge is -2.27. The number of aliphatic carboxylic acids is 1. The fourth-order valence-corrected chi connectivity index (χ4v) is 2.84. The fraction of sp³-hybridized carbons (Fsp3) is 0.588. The largest absolute Gasteiger partial charge is 0.488 e. The Morgan fingerprint density at radius 2 is 1.65 bits per heavy atom. The number of benzene rings is 1. The molecule has 0 amide bonds. The first-order valence-electron chi connectivity index (χ1n) is 7.37. The van der Waals surface area contributed by atoms with Gasteiger partial charge in [0.15, 0.2) is 0 Å². The van der Waals surface area contributed by atoms with Crippen molar-refractivity contribution in [3.05, 3.63) is 29.8 Å². The van der Waals surface area contributed by atoms with Crippen LogP contribution >= 0.6 is 0 Å². The smallest absolute Gasteiger partial charge is 0.306 e. The molecule has 1 aromatic rings. The van der Waals surface area contributed by atoms with Gasteiger partial charge in [-0.05, 0) is 70.1 Å². The molecule has 3 heteroatoms. The second kappa shape index (κ2) is 5.86. The molecule has 3 nitrogen and oxygen atoms in total. The molecule has 0 aromatic heterocycles. The summed E-state index contributed by atoms with van der Waals surface area (Å²) < 4.78 is 5.81. The fourth-order valence-electron chi connectivity index (χ4n) is 2.84. The molecule has 0 spiro atoms. The molecular formula is C17H24O3. The summed E-state index contributed by atoms with van der Waals surface area (Å²) in [6.07, 6.45) is 3.52. The molecule has 0 atom stereocenters. The Morgan fingerprint density at radius 3 is 2.10 bits per heavy atom. The van der Waals surface area contributed by atoms with E-state index in [1.807, 2.05) is 32.9 Å². The zero-order valence-electron chi connectivity index (χ0n) is 12.6. The summed E-state index contributed by atoms with van der Waals surface area (Å²) in [7, 11) is 0. The Bertz CT molecular complexity index is 448. The van der Waals surface area contributed by atoms with Crippen molar-refractivity contribution in [1.29, 1.82) is 0 Å². The van der Waals surface area contributed by atoms with E-state index in [4.69, 9.17) is 9.84 Å². The number of hydrogen-bond donors (Lipinski definition) is 1. The van der Waals surface area contributed by atoms with Gasteiger partial charge in [0.25, 0.3) is 0 Å². The average Bonchev–Trinajstić information content (AvgIpc) is 2.38. The maximum atomic E-state index is 11.0. The Balaban J connectivity index is 1.96. The maximum Gasteiger partial charge on any atom is 0.306 e. The quantitative estimate of drug-likeness (QED) is 0.899. The van der Waals surface area contributed by atoms with Crippen molar-refractivity contribution in [2.75, 3.05) is 0 Å². The highest BCUT2D eigenvalue weighted by atomic mass is 16.5. The first-order chi connectivity index (χ1) is 9.35. The molecule has 1 saturated carbocycles. The molecule has 1 fully saturated rings. The van der Waals surface area contributed by atoms with Crippen LogP contribution in [0.2, 0.25) is 0 Å². The summed E-state index contributed by atoms with van der Waals surface area (Å²) in [5.41, 5.74) is 1.12. The summed E-state index contributed by atoms with van der Waals surface area (Å²) in [6, 6.07) is 8.27. The zero-order valence-corrected chi connectivity index (χ0v) is 12.6. The predicted octanol–water partition coefficient (Wildman–Crippen LogP) is 4.22. The number of ether oxygens (including phenoxy) is 1. The minimum absolute atomic E-state index is 0.144. The van der Waals surface area contributed by atoms with Crippen LogP contribution in [-0.2, 0) is 4.79 Å². The Kier molecular flexibility index (Phi) is 4.36. The van der Waals surface area contributed by atoms with Gasteiger partial charge in [-0.1, -0.05) is 12.1 Å². The van der Waals surface area contributed by atoms with Gasteiger partial charge in [-0.15, -0.1) is 0 Å². The molecule has 1 N–H and O–H groups in total. The molecule has 0 aliphatic heterocycles. The van der Waals surface area contributed by atoms with Gasteiger partial charge >= 0.3 is 5.97 Å². The van der Waals surface area contributed by atoms with E-state index in [0.29, 0.717) is 5.92 Å². The second-order valence-electron chi connectivity index (χ2n) is 6.67. The molecule has 2 rings (SSSR count). The van der Waals surface area contributed by atoms with E-state index in [1.54, 1.807) is 0 Å². The predicted molar refractivity (Wildman–Crippen MR) is 79.2 cm³/mol. The zero-order chi connectivity index (χ0) is 14.8. The van der Waals surface area contributed by atoms with E-state index in [9.17, 15) is 4.79 Å². The van der Waals surface area contributed by atoms with Crippen LogP contribution in [0.25, 0.3) is 0 Å². The van der Waals surface area contributed by atoms with Crippen LogP contribution in [-0.4, -0.2) is 16.7 Å². The topological polar surface area (TPSA) is 46.5 Å². The van der Waals surface area contributed by atoms with Crippen LogP contribution in [0.5, 0.6) is 5.75 Å². The molecular weight excluding hydrogens is 252 g/mol. The molecule has 0 bridgehead atoms. The normalized spacial score (nSPS) is 23.4. The minimum atomic E-state index is -0.641. The number of carboxylic acids is 1. The van der Waals surface area contributed by atoms with Crippen molar-refractivity contribution in [2.24, 2.45) is 5.92 Å². The molecule has 1 aromatic carbocycles. The van der Waals surface area contributed by atoms with E-state index in [0.717, 1.165) is 31.4 Å². The van der Waals surface area contributed by atoms with Gasteiger partial charge in [0.1, 0.15) is 11.4 Å². The molecule has 20 heavy (non-hydrogen) atoms. The van der Waals surface area contributed by atoms with Crippen molar-refractivity contribution < 1.29 is 14.6 Å². The van der Waals surface area contributed by atoms with Gasteiger partial charge in [0.2, 0.25) is 0 Å². The highest BCUT2D eigenvalue weighted by molar-refractivity contribution is 5.70. The molecule has 0 radical (unpaired) electrons. The minimum Gasteiger partial charge on any atom is -0.488 e. The van der Waals surface area contributed by atoms with Crippen molar-refractivity contribution in [3.8, 4) is 5.75 Å². The standard InChI is InChI=1S/C17H24O3/c1-17(2,3)20-15-10-8-13(9-11-15)12-4-6-14(7-5-12)16(18)19/h8-12,14H,4-7H2,1-3H3,(H,18,19). The summed E-state index contributed by atoms with van der Waals surface area (Å²) in [6.45, 7) is 6.11. The number of rotatable bonds is 3. The SMILES string of the molecule is CC(C)(C)Oc1ccc(C2CCC(C(=O)O)CC2)cc1. The molecule has 1 aliphatic rings. The number of hydrogen-bond acceptors (Lipinski definition) is 2. The van der Waals surface area contributed by atoms with E-state index in [1.165, 1.54) is 5.56 Å². The Morgan fingerprint density at radius 1 is 1.10 bits per heavy atom. The van der Waals surface area contributed by atoms with E-state index < -0.39 is 5.97 Å². The van der Waals surface area contributed by atoms with Crippen molar-refractivity contribution in [3.63, 3.8) is 0 Å². The van der Waals surface area contributed by atoms with Gasteiger partial charge in [0, 0.05) is 0 Å². The van der Waals surface area contributed by atoms with Gasteiger partial charge < -0.3 is 9.84 Å². The van der Waals surface area contributed by atoms with Crippen LogP contribution in [0.3, 0.4) is 0 Å². The monoisotopic (exact) mass is 276 g/mol. The second-order valence-corrected chi connectivity index (χ2v) is 6.67. The lowest BCUT2D eigenvalue weighted by Crippen LogP contribution is -2.23. The lowest BCUT2D eigenvalue weighted by atomic mass is 9.79. The van der Waals surface area contributed by atoms with Gasteiger partial charge in [0.05, 0.1) is 5.92 Å². The third kappa shape index (κ3) is 3.99. The van der Waals surface area contributed by atoms with E-state index >= 15 is 0 Å². The Hall–Kier alpha value is -1.51. The third-order valence-electron chi connectivity index (χ3n) is 3.85. The Labute approximate surface area is 121 Å². The highest BCUT2D eigenvalue weighted by Crippen LogP contribution is 2.36. The van der Waals surface area contributed by atoms with Gasteiger partial charge in [-0.3, -0.25) is 4.79 Å². The van der Waals surface area contributed by atoms with Crippen LogP contribution in [0, 0.1) is 5.92 Å². The molecule has 0 heterocycles. The van der Waals surface area contributed by atoms with Crippen LogP contribution in [0.1, 0.15) is 57.9 Å². The molecule has 110 valence electrons. The maximum absolute atomic E-state index is 11.0. The molecule has 0 unspecified atom stereocenters. The number of carboxylic acid groups (broad SMARTS) is 1. The van der Waals surface area contributed by atoms with E-state index in [-0.39, 0.29) is 11.5 Å². The van der Waals surface area contributed by atoms with Crippen molar-refractivity contribution >= 4 is 5.97 Å². The summed E-state index contributed by atoms with van der Waals surface area (Å²) >= 11 is 0. The third-order valence-corrected chi connectivity index (χ3v) is 3.85. The summed E-state index contributed by atoms with van der Waals surface area (Å²) in [5.74, 6) is 0.599. The first kappa shape index (κ1) is 14.9. The average molecular weight is 276 g/mol. The van der Waals surface area contributed by atoms with Crippen molar-refractivity contribution in [2.45, 2.75) is 58.0 Å². The van der Waals surface area contributed by atoms with E-state index in [2.05, 4.69) is 12.1 Å². The molecule has 0 saturated heterocycles. The van der Waals surface area contributed by atoms with Gasteiger partial charge in [-0.2, -0.15) is 0 Å². The van der Waals surface area contributed by atoms with Crippen LogP contribution < -0.4 is 4.74 Å². The lowest BCUT2D eigenvalue weighted by molar-refractivity contribution is -0.142. The van der Waals surface area contributed by atoms with Crippen molar-refractivity contribution in [1.82, 2.24) is 0 Å². The molecule has 1 aliphatic carbocycles. The van der Waals surface area contributed by atoms with Gasteiger partial charge in [-0.25, -0.2) is 0 Å². The highest BCUT2D eigenvalue weighted by Gasteiger charge is 2.26. The van der Waals surface area contributed by atoms with Crippen LogP contribution in [0.15, 0.2) is 24.3 Å².